The highest BCUT2D eigenvalue weighted by molar-refractivity contribution is 5.77. The quantitative estimate of drug-likeness (QED) is 0.701. The molecule has 0 unspecified atom stereocenters. The molecule has 0 aliphatic carbocycles. The van der Waals surface area contributed by atoms with E-state index < -0.39 is 0 Å². The maximum Gasteiger partial charge on any atom is 0.258 e. The molecule has 102 valence electrons. The molecule has 3 N–H and O–H groups in total. The molecule has 6 nitrogen and oxygen atoms in total. The summed E-state index contributed by atoms with van der Waals surface area (Å²) < 4.78 is 10.9. The molecule has 0 aromatic heterocycles. The number of amides is 1. The van der Waals surface area contributed by atoms with E-state index >= 15 is 0 Å². The Morgan fingerprint density at radius 3 is 2.89 bits per heavy atom. The van der Waals surface area contributed by atoms with Gasteiger partial charge in [-0.1, -0.05) is 12.1 Å². The van der Waals surface area contributed by atoms with E-state index in [2.05, 4.69) is 5.32 Å². The minimum Gasteiger partial charge on any atom is -0.490 e. The van der Waals surface area contributed by atoms with Gasteiger partial charge in [0.05, 0.1) is 12.7 Å². The van der Waals surface area contributed by atoms with E-state index in [1.54, 1.807) is 6.07 Å². The lowest BCUT2D eigenvalue weighted by molar-refractivity contribution is -0.122. The zero-order chi connectivity index (χ0) is 14.1. The Morgan fingerprint density at radius 2 is 2.26 bits per heavy atom. The lowest BCUT2D eigenvalue weighted by Gasteiger charge is -2.14. The first kappa shape index (κ1) is 14.8. The average Bonchev–Trinajstić information content (AvgIpc) is 2.43. The minimum absolute atomic E-state index is 0.0426. The van der Waals surface area contributed by atoms with Crippen molar-refractivity contribution >= 4 is 5.91 Å². The van der Waals surface area contributed by atoms with Crippen LogP contribution >= 0.6 is 0 Å². The Labute approximate surface area is 112 Å². The van der Waals surface area contributed by atoms with Gasteiger partial charge < -0.3 is 20.5 Å². The number of hydrogen-bond acceptors (Lipinski definition) is 5. The molecule has 0 saturated carbocycles. The van der Waals surface area contributed by atoms with Crippen LogP contribution in [0.3, 0.4) is 0 Å². The zero-order valence-electron chi connectivity index (χ0n) is 10.8. The van der Waals surface area contributed by atoms with Crippen molar-refractivity contribution in [1.82, 2.24) is 5.32 Å². The van der Waals surface area contributed by atoms with Gasteiger partial charge in [-0.25, -0.2) is 0 Å². The number of ether oxygens (including phenoxy) is 2. The summed E-state index contributed by atoms with van der Waals surface area (Å²) in [5.74, 6) is 0.660. The van der Waals surface area contributed by atoms with Gasteiger partial charge in [-0.3, -0.25) is 4.79 Å². The fourth-order valence-corrected chi connectivity index (χ4v) is 1.48. The monoisotopic (exact) mass is 263 g/mol. The van der Waals surface area contributed by atoms with E-state index in [0.29, 0.717) is 18.1 Å². The summed E-state index contributed by atoms with van der Waals surface area (Å²) in [4.78, 5) is 11.4. The van der Waals surface area contributed by atoms with Crippen molar-refractivity contribution < 1.29 is 14.3 Å². The smallest absolute Gasteiger partial charge is 0.258 e. The molecule has 0 spiro atoms. The molecule has 0 aliphatic heterocycles. The van der Waals surface area contributed by atoms with Gasteiger partial charge in [0, 0.05) is 12.1 Å². The molecule has 19 heavy (non-hydrogen) atoms. The van der Waals surface area contributed by atoms with Crippen LogP contribution in [0.4, 0.5) is 0 Å². The summed E-state index contributed by atoms with van der Waals surface area (Å²) in [7, 11) is 0. The molecule has 1 rings (SSSR count). The van der Waals surface area contributed by atoms with E-state index in [4.69, 9.17) is 20.5 Å². The molecule has 0 atom stereocenters. The number of nitrogens with two attached hydrogens (primary N) is 1. The van der Waals surface area contributed by atoms with Crippen molar-refractivity contribution in [1.29, 1.82) is 5.26 Å². The van der Waals surface area contributed by atoms with Crippen LogP contribution in [0.2, 0.25) is 0 Å². The van der Waals surface area contributed by atoms with E-state index in [-0.39, 0.29) is 25.6 Å². The first-order valence-corrected chi connectivity index (χ1v) is 5.94. The number of hydrogen-bond donors (Lipinski definition) is 2. The third kappa shape index (κ3) is 4.48. The van der Waals surface area contributed by atoms with Gasteiger partial charge in [-0.15, -0.1) is 0 Å². The lowest BCUT2D eigenvalue weighted by Crippen LogP contribution is -2.29. The number of carbonyl (C=O) groups excluding carboxylic acids is 1. The van der Waals surface area contributed by atoms with Gasteiger partial charge in [0.25, 0.3) is 5.91 Å². The van der Waals surface area contributed by atoms with Crippen LogP contribution in [-0.4, -0.2) is 25.7 Å². The first-order valence-electron chi connectivity index (χ1n) is 5.94. The highest BCUT2D eigenvalue weighted by Gasteiger charge is 2.11. The third-order valence-corrected chi connectivity index (χ3v) is 2.29. The van der Waals surface area contributed by atoms with Gasteiger partial charge in [0.15, 0.2) is 18.1 Å². The van der Waals surface area contributed by atoms with Crippen molar-refractivity contribution in [2.24, 2.45) is 5.73 Å². The molecule has 1 amide bonds. The minimum atomic E-state index is -0.365. The van der Waals surface area contributed by atoms with Crippen LogP contribution in [-0.2, 0) is 11.3 Å². The van der Waals surface area contributed by atoms with Crippen LogP contribution in [0.5, 0.6) is 11.5 Å². The summed E-state index contributed by atoms with van der Waals surface area (Å²) in [6.07, 6.45) is 0. The Morgan fingerprint density at radius 1 is 1.47 bits per heavy atom. The van der Waals surface area contributed by atoms with Crippen LogP contribution in [0, 0.1) is 11.3 Å². The Balaban J connectivity index is 2.75. The number of nitriles is 1. The van der Waals surface area contributed by atoms with Crippen LogP contribution in [0.25, 0.3) is 0 Å². The summed E-state index contributed by atoms with van der Waals surface area (Å²) in [6, 6.07) is 7.20. The molecular weight excluding hydrogens is 246 g/mol. The molecule has 0 saturated heterocycles. The van der Waals surface area contributed by atoms with E-state index in [9.17, 15) is 4.79 Å². The molecule has 0 radical (unpaired) electrons. The van der Waals surface area contributed by atoms with Gasteiger partial charge in [0.2, 0.25) is 0 Å². The van der Waals surface area contributed by atoms with Crippen molar-refractivity contribution in [3.05, 3.63) is 23.8 Å². The van der Waals surface area contributed by atoms with Gasteiger partial charge in [-0.2, -0.15) is 5.26 Å². The third-order valence-electron chi connectivity index (χ3n) is 2.29. The summed E-state index contributed by atoms with van der Waals surface area (Å²) in [5.41, 5.74) is 6.39. The molecule has 0 aliphatic rings. The second-order valence-electron chi connectivity index (χ2n) is 3.61. The van der Waals surface area contributed by atoms with E-state index in [1.807, 2.05) is 25.1 Å². The second-order valence-corrected chi connectivity index (χ2v) is 3.61. The molecule has 0 heterocycles. The lowest BCUT2D eigenvalue weighted by atomic mass is 10.2. The van der Waals surface area contributed by atoms with Crippen LogP contribution in [0.1, 0.15) is 12.5 Å². The number of carbonyl (C=O) groups is 1. The molecule has 0 fully saturated rings. The number of benzene rings is 1. The molecule has 1 aromatic carbocycles. The molecule has 0 bridgehead atoms. The highest BCUT2D eigenvalue weighted by Crippen LogP contribution is 2.31. The molecule has 1 aromatic rings. The van der Waals surface area contributed by atoms with Gasteiger partial charge in [0.1, 0.15) is 6.54 Å². The normalized spacial score (nSPS) is 9.53. The standard InChI is InChI=1S/C13H17N3O3/c1-2-18-11-5-3-4-10(8-15)13(11)19-9-12(17)16-7-6-14/h3-5H,2,7-9,15H2,1H3,(H,16,17). The predicted molar refractivity (Wildman–Crippen MR) is 69.6 cm³/mol. The Hall–Kier alpha value is -2.26. The van der Waals surface area contributed by atoms with Crippen LogP contribution in [0.15, 0.2) is 18.2 Å². The maximum absolute atomic E-state index is 11.4. The Kier molecular flexibility index (Phi) is 6.19. The van der Waals surface area contributed by atoms with Crippen LogP contribution < -0.4 is 20.5 Å². The van der Waals surface area contributed by atoms with E-state index in [1.165, 1.54) is 0 Å². The predicted octanol–water partition coefficient (Wildman–Crippen LogP) is 0.563. The first-order chi connectivity index (χ1) is 9.22. The SMILES string of the molecule is CCOc1cccc(CN)c1OCC(=O)NCC#N. The summed E-state index contributed by atoms with van der Waals surface area (Å²) in [6.45, 7) is 2.41. The number of nitrogens with one attached hydrogen (secondary N) is 1. The largest absolute Gasteiger partial charge is 0.490 e. The topological polar surface area (TPSA) is 97.4 Å². The van der Waals surface area contributed by atoms with E-state index in [0.717, 1.165) is 5.56 Å². The summed E-state index contributed by atoms with van der Waals surface area (Å²) >= 11 is 0. The Bertz CT molecular complexity index is 469. The van der Waals surface area contributed by atoms with Crippen molar-refractivity contribution in [2.75, 3.05) is 19.8 Å². The zero-order valence-corrected chi connectivity index (χ0v) is 10.8. The number of para-hydroxylation sites is 1. The fourth-order valence-electron chi connectivity index (χ4n) is 1.48. The fraction of sp³-hybridized carbons (Fsp3) is 0.385. The summed E-state index contributed by atoms with van der Waals surface area (Å²) in [5, 5.41) is 10.7. The van der Waals surface area contributed by atoms with Gasteiger partial charge in [-0.05, 0) is 13.0 Å². The average molecular weight is 263 g/mol. The van der Waals surface area contributed by atoms with Gasteiger partial charge >= 0.3 is 0 Å². The number of rotatable bonds is 7. The molecular formula is C13H17N3O3. The maximum atomic E-state index is 11.4. The van der Waals surface area contributed by atoms with Crippen molar-refractivity contribution in [2.45, 2.75) is 13.5 Å². The molecule has 6 heteroatoms. The number of nitrogens with zero attached hydrogens (tertiary/aromatic N) is 1. The van der Waals surface area contributed by atoms with Crippen molar-refractivity contribution in [3.63, 3.8) is 0 Å². The van der Waals surface area contributed by atoms with Crippen molar-refractivity contribution in [3.8, 4) is 17.6 Å². The highest BCUT2D eigenvalue weighted by atomic mass is 16.5. The second kappa shape index (κ2) is 7.95.